The molecule has 0 amide bonds. The first-order valence-corrected chi connectivity index (χ1v) is 10.9. The number of ketones is 1. The zero-order valence-corrected chi connectivity index (χ0v) is 18.3. The van der Waals surface area contributed by atoms with Gasteiger partial charge < -0.3 is 4.90 Å². The van der Waals surface area contributed by atoms with E-state index in [-0.39, 0.29) is 17.9 Å². The highest BCUT2D eigenvalue weighted by atomic mass is 32.1. The van der Waals surface area contributed by atoms with Crippen LogP contribution in [0.5, 0.6) is 0 Å². The molecule has 4 rings (SSSR count). The number of carbonyl (C=O) groups is 1. The van der Waals surface area contributed by atoms with Crippen molar-refractivity contribution in [3.05, 3.63) is 62.0 Å². The minimum Gasteiger partial charge on any atom is -0.302 e. The lowest BCUT2D eigenvalue weighted by atomic mass is 9.89. The molecule has 1 unspecified atom stereocenters. The van der Waals surface area contributed by atoms with Gasteiger partial charge >= 0.3 is 0 Å². The van der Waals surface area contributed by atoms with Gasteiger partial charge in [-0.2, -0.15) is 0 Å². The average Bonchev–Trinajstić information content (AvgIpc) is 3.02. The maximum Gasteiger partial charge on any atom is 0.263 e. The Morgan fingerprint density at radius 2 is 2.00 bits per heavy atom. The number of hydrogen-bond acceptors (Lipinski definition) is 5. The highest BCUT2D eigenvalue weighted by Crippen LogP contribution is 2.35. The number of thiophene rings is 1. The molecule has 1 aliphatic rings. The smallest absolute Gasteiger partial charge is 0.263 e. The summed E-state index contributed by atoms with van der Waals surface area (Å²) in [5.41, 5.74) is 2.82. The summed E-state index contributed by atoms with van der Waals surface area (Å²) >= 11 is 1.66. The maximum absolute atomic E-state index is 13.5. The van der Waals surface area contributed by atoms with Gasteiger partial charge in [-0.3, -0.25) is 14.2 Å². The number of aryl methyl sites for hydroxylation is 2. The molecule has 3 aromatic rings. The van der Waals surface area contributed by atoms with Crippen LogP contribution < -0.4 is 5.56 Å². The minimum absolute atomic E-state index is 0.0228. The molecule has 0 fully saturated rings. The summed E-state index contributed by atoms with van der Waals surface area (Å²) < 4.78 is 1.59. The molecule has 5 nitrogen and oxygen atoms in total. The van der Waals surface area contributed by atoms with Crippen LogP contribution in [0.4, 0.5) is 0 Å². The SMILES string of the molecule is Cc1ccc(C(=O)Cn2c(CN(C)C)nc3sc4c(c3c2=O)CCC(C)C4)cc1. The lowest BCUT2D eigenvalue weighted by Gasteiger charge is -2.18. The zero-order chi connectivity index (χ0) is 20.7. The second-order valence-electron chi connectivity index (χ2n) is 8.48. The molecular formula is C23H27N3O2S. The summed E-state index contributed by atoms with van der Waals surface area (Å²) in [7, 11) is 3.90. The third kappa shape index (κ3) is 3.91. The molecule has 6 heteroatoms. The van der Waals surface area contributed by atoms with Gasteiger partial charge in [-0.1, -0.05) is 36.8 Å². The molecule has 0 bridgehead atoms. The minimum atomic E-state index is -0.0700. The van der Waals surface area contributed by atoms with Gasteiger partial charge in [-0.25, -0.2) is 4.98 Å². The van der Waals surface area contributed by atoms with Gasteiger partial charge in [0.25, 0.3) is 5.56 Å². The van der Waals surface area contributed by atoms with E-state index in [0.29, 0.717) is 23.9 Å². The van der Waals surface area contributed by atoms with Gasteiger partial charge in [0.15, 0.2) is 5.78 Å². The Hall–Kier alpha value is -2.31. The fraction of sp³-hybridized carbons (Fsp3) is 0.435. The summed E-state index contributed by atoms with van der Waals surface area (Å²) in [6.45, 7) is 4.80. The summed E-state index contributed by atoms with van der Waals surface area (Å²) in [5.74, 6) is 1.23. The standard InChI is InChI=1S/C23H27N3O2S/c1-14-5-8-16(9-6-14)18(27)12-26-20(13-25(3)4)24-22-21(23(26)28)17-10-7-15(2)11-19(17)29-22/h5-6,8-9,15H,7,10-13H2,1-4H3. The average molecular weight is 410 g/mol. The van der Waals surface area contributed by atoms with Crippen LogP contribution in [0.3, 0.4) is 0 Å². The van der Waals surface area contributed by atoms with Crippen molar-refractivity contribution in [2.45, 2.75) is 46.2 Å². The fourth-order valence-corrected chi connectivity index (χ4v) is 5.40. The molecule has 0 saturated carbocycles. The van der Waals surface area contributed by atoms with E-state index >= 15 is 0 Å². The van der Waals surface area contributed by atoms with E-state index in [1.807, 2.05) is 50.2 Å². The Balaban J connectivity index is 1.82. The number of carbonyl (C=O) groups excluding carboxylic acids is 1. The van der Waals surface area contributed by atoms with Crippen LogP contribution in [0.1, 0.15) is 45.5 Å². The van der Waals surface area contributed by atoms with Crippen LogP contribution in [0.15, 0.2) is 29.1 Å². The van der Waals surface area contributed by atoms with Gasteiger partial charge in [0.1, 0.15) is 10.7 Å². The molecular weight excluding hydrogens is 382 g/mol. The molecule has 1 atom stereocenters. The summed E-state index contributed by atoms with van der Waals surface area (Å²) in [6.07, 6.45) is 3.04. The van der Waals surface area contributed by atoms with Crippen LogP contribution in [0.25, 0.3) is 10.2 Å². The number of hydrogen-bond donors (Lipinski definition) is 0. The number of fused-ring (bicyclic) bond motifs is 3. The van der Waals surface area contributed by atoms with E-state index in [4.69, 9.17) is 4.98 Å². The first-order chi connectivity index (χ1) is 13.8. The number of rotatable bonds is 5. The van der Waals surface area contributed by atoms with E-state index in [2.05, 4.69) is 6.92 Å². The van der Waals surface area contributed by atoms with Gasteiger partial charge in [-0.15, -0.1) is 11.3 Å². The second kappa shape index (κ2) is 7.84. The predicted octanol–water partition coefficient (Wildman–Crippen LogP) is 3.84. The molecule has 0 N–H and O–H groups in total. The predicted molar refractivity (Wildman–Crippen MR) is 118 cm³/mol. The number of nitrogens with zero attached hydrogens (tertiary/aromatic N) is 3. The summed E-state index contributed by atoms with van der Waals surface area (Å²) in [4.78, 5) is 35.4. The van der Waals surface area contributed by atoms with Crippen molar-refractivity contribution in [1.82, 2.24) is 14.5 Å². The summed E-state index contributed by atoms with van der Waals surface area (Å²) in [5, 5.41) is 0.733. The second-order valence-corrected chi connectivity index (χ2v) is 9.56. The molecule has 2 heterocycles. The van der Waals surface area contributed by atoms with Crippen molar-refractivity contribution >= 4 is 27.3 Å². The largest absolute Gasteiger partial charge is 0.302 e. The fourth-order valence-electron chi connectivity index (χ4n) is 4.01. The third-order valence-corrected chi connectivity index (χ3v) is 6.78. The zero-order valence-electron chi connectivity index (χ0n) is 17.5. The van der Waals surface area contributed by atoms with Gasteiger partial charge in [0.05, 0.1) is 18.5 Å². The van der Waals surface area contributed by atoms with Crippen molar-refractivity contribution in [3.8, 4) is 0 Å². The topological polar surface area (TPSA) is 55.2 Å². The van der Waals surface area contributed by atoms with E-state index in [0.717, 1.165) is 40.6 Å². The normalized spacial score (nSPS) is 16.4. The van der Waals surface area contributed by atoms with Crippen LogP contribution >= 0.6 is 11.3 Å². The quantitative estimate of drug-likeness (QED) is 0.601. The first-order valence-electron chi connectivity index (χ1n) is 10.1. The van der Waals surface area contributed by atoms with Crippen LogP contribution in [-0.4, -0.2) is 34.3 Å². The molecule has 0 spiro atoms. The molecule has 0 aliphatic heterocycles. The summed E-state index contributed by atoms with van der Waals surface area (Å²) in [6, 6.07) is 7.51. The first kappa shape index (κ1) is 20.0. The Labute approximate surface area is 175 Å². The van der Waals surface area contributed by atoms with Crippen molar-refractivity contribution in [2.24, 2.45) is 5.92 Å². The Morgan fingerprint density at radius 1 is 1.28 bits per heavy atom. The molecule has 0 radical (unpaired) electrons. The molecule has 1 aliphatic carbocycles. The van der Waals surface area contributed by atoms with Crippen LogP contribution in [-0.2, 0) is 25.9 Å². The van der Waals surface area contributed by atoms with Gasteiger partial charge in [-0.05, 0) is 51.8 Å². The monoisotopic (exact) mass is 409 g/mol. The highest BCUT2D eigenvalue weighted by Gasteiger charge is 2.25. The Morgan fingerprint density at radius 3 is 2.69 bits per heavy atom. The van der Waals surface area contributed by atoms with Crippen molar-refractivity contribution in [1.29, 1.82) is 0 Å². The molecule has 0 saturated heterocycles. The van der Waals surface area contributed by atoms with E-state index < -0.39 is 0 Å². The van der Waals surface area contributed by atoms with Crippen LogP contribution in [0, 0.1) is 12.8 Å². The Bertz CT molecular complexity index is 1130. The van der Waals surface area contributed by atoms with Crippen molar-refractivity contribution in [3.63, 3.8) is 0 Å². The Kier molecular flexibility index (Phi) is 5.40. The lowest BCUT2D eigenvalue weighted by Crippen LogP contribution is -2.31. The molecule has 2 aromatic heterocycles. The van der Waals surface area contributed by atoms with Gasteiger partial charge in [0, 0.05) is 10.4 Å². The third-order valence-electron chi connectivity index (χ3n) is 5.63. The lowest BCUT2D eigenvalue weighted by molar-refractivity contribution is 0.0968. The maximum atomic E-state index is 13.5. The molecule has 152 valence electrons. The number of aromatic nitrogens is 2. The van der Waals surface area contributed by atoms with Crippen molar-refractivity contribution < 1.29 is 4.79 Å². The molecule has 1 aromatic carbocycles. The molecule has 29 heavy (non-hydrogen) atoms. The van der Waals surface area contributed by atoms with E-state index in [9.17, 15) is 9.59 Å². The number of Topliss-reactive ketones (excluding diaryl/α,β-unsaturated/α-hetero) is 1. The van der Waals surface area contributed by atoms with Crippen molar-refractivity contribution in [2.75, 3.05) is 14.1 Å². The van der Waals surface area contributed by atoms with Crippen LogP contribution in [0.2, 0.25) is 0 Å². The number of benzene rings is 1. The van der Waals surface area contributed by atoms with Gasteiger partial charge in [0.2, 0.25) is 0 Å². The van der Waals surface area contributed by atoms with E-state index in [1.54, 1.807) is 15.9 Å². The highest BCUT2D eigenvalue weighted by molar-refractivity contribution is 7.18. The van der Waals surface area contributed by atoms with E-state index in [1.165, 1.54) is 4.88 Å².